The number of benzene rings is 2. The Kier molecular flexibility index (Phi) is 3.99. The standard InChI is InChI=1S/C19H14F3N3O/c20-19(21,22)15-4-2-1-3-14(15)17-11-16(25-26-17)12-5-7-13(8-6-12)18-23-9-10-24-18/h1-8,11H,9-10H2,(H,23,24). The molecule has 132 valence electrons. The Morgan fingerprint density at radius 2 is 1.69 bits per heavy atom. The van der Waals surface area contributed by atoms with Crippen molar-refractivity contribution in [3.63, 3.8) is 0 Å². The lowest BCUT2D eigenvalue weighted by molar-refractivity contribution is -0.137. The van der Waals surface area contributed by atoms with Gasteiger partial charge in [-0.3, -0.25) is 4.99 Å². The normalized spacial score (nSPS) is 14.2. The molecule has 1 aliphatic heterocycles. The van der Waals surface area contributed by atoms with E-state index in [1.54, 1.807) is 0 Å². The molecule has 4 nitrogen and oxygen atoms in total. The van der Waals surface area contributed by atoms with E-state index in [1.165, 1.54) is 24.3 Å². The van der Waals surface area contributed by atoms with Crippen molar-refractivity contribution in [2.45, 2.75) is 6.18 Å². The van der Waals surface area contributed by atoms with Gasteiger partial charge in [0.15, 0.2) is 5.76 Å². The van der Waals surface area contributed by atoms with Crippen molar-refractivity contribution >= 4 is 5.84 Å². The predicted molar refractivity (Wildman–Crippen MR) is 91.8 cm³/mol. The fourth-order valence-corrected chi connectivity index (χ4v) is 2.87. The molecule has 26 heavy (non-hydrogen) atoms. The Bertz CT molecular complexity index is 959. The summed E-state index contributed by atoms with van der Waals surface area (Å²) in [6, 6.07) is 14.3. The van der Waals surface area contributed by atoms with Crippen LogP contribution in [0.1, 0.15) is 11.1 Å². The van der Waals surface area contributed by atoms with Gasteiger partial charge in [-0.25, -0.2) is 0 Å². The maximum atomic E-state index is 13.2. The molecule has 0 spiro atoms. The van der Waals surface area contributed by atoms with Crippen molar-refractivity contribution in [2.24, 2.45) is 4.99 Å². The lowest BCUT2D eigenvalue weighted by Crippen LogP contribution is -2.19. The van der Waals surface area contributed by atoms with E-state index in [4.69, 9.17) is 4.52 Å². The number of amidine groups is 1. The smallest absolute Gasteiger partial charge is 0.368 e. The number of aliphatic imine (C=N–C) groups is 1. The number of nitrogens with zero attached hydrogens (tertiary/aromatic N) is 2. The first kappa shape index (κ1) is 16.4. The summed E-state index contributed by atoms with van der Waals surface area (Å²) in [6.45, 7) is 1.57. The monoisotopic (exact) mass is 357 g/mol. The molecular weight excluding hydrogens is 343 g/mol. The van der Waals surface area contributed by atoms with Gasteiger partial charge in [0.05, 0.1) is 12.1 Å². The number of rotatable bonds is 3. The van der Waals surface area contributed by atoms with Crippen molar-refractivity contribution < 1.29 is 17.7 Å². The number of alkyl halides is 3. The summed E-state index contributed by atoms with van der Waals surface area (Å²) in [5.74, 6) is 0.926. The highest BCUT2D eigenvalue weighted by molar-refractivity contribution is 6.00. The highest BCUT2D eigenvalue weighted by atomic mass is 19.4. The first-order chi connectivity index (χ1) is 12.5. The minimum Gasteiger partial charge on any atom is -0.368 e. The molecule has 1 aromatic heterocycles. The van der Waals surface area contributed by atoms with E-state index in [0.717, 1.165) is 36.1 Å². The second-order valence-corrected chi connectivity index (χ2v) is 5.85. The summed E-state index contributed by atoms with van der Waals surface area (Å²) in [5, 5.41) is 7.11. The first-order valence-corrected chi connectivity index (χ1v) is 8.05. The van der Waals surface area contributed by atoms with Gasteiger partial charge >= 0.3 is 6.18 Å². The van der Waals surface area contributed by atoms with E-state index in [1.807, 2.05) is 24.3 Å². The van der Waals surface area contributed by atoms with Gasteiger partial charge < -0.3 is 9.84 Å². The van der Waals surface area contributed by atoms with E-state index < -0.39 is 11.7 Å². The Morgan fingerprint density at radius 1 is 0.962 bits per heavy atom. The molecule has 0 atom stereocenters. The minimum atomic E-state index is -4.46. The van der Waals surface area contributed by atoms with Gasteiger partial charge in [0.2, 0.25) is 0 Å². The summed E-state index contributed by atoms with van der Waals surface area (Å²) in [6.07, 6.45) is -4.46. The van der Waals surface area contributed by atoms with Crippen molar-refractivity contribution in [1.29, 1.82) is 0 Å². The van der Waals surface area contributed by atoms with Crippen molar-refractivity contribution in [3.05, 3.63) is 65.7 Å². The third-order valence-electron chi connectivity index (χ3n) is 4.14. The van der Waals surface area contributed by atoms with Gasteiger partial charge in [0.25, 0.3) is 0 Å². The fraction of sp³-hybridized carbons (Fsp3) is 0.158. The van der Waals surface area contributed by atoms with Crippen LogP contribution in [0, 0.1) is 0 Å². The molecule has 0 aliphatic carbocycles. The Hall–Kier alpha value is -3.09. The van der Waals surface area contributed by atoms with Gasteiger partial charge in [-0.1, -0.05) is 47.6 Å². The van der Waals surface area contributed by atoms with Crippen LogP contribution >= 0.6 is 0 Å². The van der Waals surface area contributed by atoms with Gasteiger partial charge in [-0.05, 0) is 6.07 Å². The summed E-state index contributed by atoms with van der Waals surface area (Å²) >= 11 is 0. The summed E-state index contributed by atoms with van der Waals surface area (Å²) in [4.78, 5) is 4.35. The van der Waals surface area contributed by atoms with Crippen LogP contribution in [0.15, 0.2) is 64.1 Å². The Balaban J connectivity index is 1.65. The van der Waals surface area contributed by atoms with Crippen molar-refractivity contribution in [1.82, 2.24) is 10.5 Å². The SMILES string of the molecule is FC(F)(F)c1ccccc1-c1cc(-c2ccc(C3=NCCN3)cc2)no1. The third kappa shape index (κ3) is 3.08. The molecule has 0 saturated carbocycles. The Morgan fingerprint density at radius 3 is 2.38 bits per heavy atom. The molecule has 0 radical (unpaired) electrons. The minimum absolute atomic E-state index is 0.0279. The second-order valence-electron chi connectivity index (χ2n) is 5.85. The van der Waals surface area contributed by atoms with Gasteiger partial charge in [-0.15, -0.1) is 0 Å². The molecule has 0 amide bonds. The number of hydrogen-bond donors (Lipinski definition) is 1. The average Bonchev–Trinajstić information content (AvgIpc) is 3.33. The molecule has 3 aromatic rings. The zero-order valence-electron chi connectivity index (χ0n) is 13.5. The molecular formula is C19H14F3N3O. The largest absolute Gasteiger partial charge is 0.417 e. The molecule has 0 bridgehead atoms. The van der Waals surface area contributed by atoms with E-state index in [-0.39, 0.29) is 11.3 Å². The lowest BCUT2D eigenvalue weighted by atomic mass is 10.0. The van der Waals surface area contributed by atoms with Gasteiger partial charge in [0.1, 0.15) is 11.5 Å². The van der Waals surface area contributed by atoms with E-state index in [9.17, 15) is 13.2 Å². The summed E-state index contributed by atoms with van der Waals surface area (Å²) in [5.41, 5.74) is 1.41. The van der Waals surface area contributed by atoms with Crippen LogP contribution in [0.2, 0.25) is 0 Å². The van der Waals surface area contributed by atoms with Crippen LogP contribution in [0.3, 0.4) is 0 Å². The predicted octanol–water partition coefficient (Wildman–Crippen LogP) is 4.38. The van der Waals surface area contributed by atoms with E-state index in [2.05, 4.69) is 15.5 Å². The van der Waals surface area contributed by atoms with Crippen LogP contribution < -0.4 is 5.32 Å². The molecule has 2 heterocycles. The van der Waals surface area contributed by atoms with Gasteiger partial charge in [0, 0.05) is 29.3 Å². The quantitative estimate of drug-likeness (QED) is 0.757. The van der Waals surface area contributed by atoms with Crippen LogP contribution in [0.25, 0.3) is 22.6 Å². The number of nitrogens with one attached hydrogen (secondary N) is 1. The van der Waals surface area contributed by atoms with Crippen molar-refractivity contribution in [2.75, 3.05) is 13.1 Å². The molecule has 0 fully saturated rings. The highest BCUT2D eigenvalue weighted by Crippen LogP contribution is 2.37. The van der Waals surface area contributed by atoms with Crippen LogP contribution in [-0.2, 0) is 6.18 Å². The topological polar surface area (TPSA) is 50.4 Å². The molecule has 7 heteroatoms. The molecule has 2 aromatic carbocycles. The first-order valence-electron chi connectivity index (χ1n) is 8.05. The third-order valence-corrected chi connectivity index (χ3v) is 4.14. The lowest BCUT2D eigenvalue weighted by Gasteiger charge is -2.09. The number of aromatic nitrogens is 1. The number of hydrogen-bond acceptors (Lipinski definition) is 4. The number of halogens is 3. The maximum absolute atomic E-state index is 13.2. The second kappa shape index (κ2) is 6.33. The van der Waals surface area contributed by atoms with Crippen LogP contribution in [0.4, 0.5) is 13.2 Å². The highest BCUT2D eigenvalue weighted by Gasteiger charge is 2.34. The fourth-order valence-electron chi connectivity index (χ4n) is 2.87. The zero-order chi connectivity index (χ0) is 18.1. The van der Waals surface area contributed by atoms with E-state index in [0.29, 0.717) is 5.69 Å². The van der Waals surface area contributed by atoms with Crippen LogP contribution in [-0.4, -0.2) is 24.1 Å². The molecule has 1 aliphatic rings. The average molecular weight is 357 g/mol. The van der Waals surface area contributed by atoms with Crippen molar-refractivity contribution in [3.8, 4) is 22.6 Å². The molecule has 0 saturated heterocycles. The maximum Gasteiger partial charge on any atom is 0.417 e. The molecule has 4 rings (SSSR count). The summed E-state index contributed by atoms with van der Waals surface area (Å²) < 4.78 is 44.7. The summed E-state index contributed by atoms with van der Waals surface area (Å²) in [7, 11) is 0. The molecule has 0 unspecified atom stereocenters. The zero-order valence-corrected chi connectivity index (χ0v) is 13.5. The van der Waals surface area contributed by atoms with Crippen LogP contribution in [0.5, 0.6) is 0 Å². The van der Waals surface area contributed by atoms with E-state index >= 15 is 0 Å². The molecule has 1 N–H and O–H groups in total. The van der Waals surface area contributed by atoms with Gasteiger partial charge in [-0.2, -0.15) is 13.2 Å². The Labute approximate surface area is 147 Å².